The van der Waals surface area contributed by atoms with Gasteiger partial charge in [0.2, 0.25) is 10.0 Å². The molecule has 0 amide bonds. The van der Waals surface area contributed by atoms with E-state index in [1.165, 1.54) is 18.2 Å². The lowest BCUT2D eigenvalue weighted by molar-refractivity contribution is -0.0659. The monoisotopic (exact) mass is 286 g/mol. The van der Waals surface area contributed by atoms with Gasteiger partial charge in [-0.1, -0.05) is 0 Å². The summed E-state index contributed by atoms with van der Waals surface area (Å²) in [6, 6.07) is 3.81. The Labute approximate surface area is 112 Å². The highest BCUT2D eigenvalue weighted by atomic mass is 32.2. The van der Waals surface area contributed by atoms with Crippen molar-refractivity contribution in [3.63, 3.8) is 0 Å². The van der Waals surface area contributed by atoms with Crippen molar-refractivity contribution < 1.29 is 18.3 Å². The Balaban J connectivity index is 2.11. The second kappa shape index (κ2) is 4.99. The number of ether oxygens (including phenoxy) is 1. The molecule has 1 aliphatic carbocycles. The number of nitrogens with one attached hydrogen (secondary N) is 1. The third-order valence-corrected chi connectivity index (χ3v) is 4.99. The van der Waals surface area contributed by atoms with Gasteiger partial charge in [0.05, 0.1) is 16.2 Å². The van der Waals surface area contributed by atoms with Crippen molar-refractivity contribution in [2.24, 2.45) is 0 Å². The molecule has 0 heterocycles. The van der Waals surface area contributed by atoms with Gasteiger partial charge in [0.15, 0.2) is 0 Å². The minimum atomic E-state index is -3.64. The average Bonchev–Trinajstić information content (AvgIpc) is 2.31. The van der Waals surface area contributed by atoms with Crippen molar-refractivity contribution in [3.8, 4) is 5.75 Å². The van der Waals surface area contributed by atoms with Crippen LogP contribution in [0.1, 0.15) is 19.3 Å². The zero-order chi connectivity index (χ0) is 14.1. The molecule has 1 fully saturated rings. The fourth-order valence-corrected chi connectivity index (χ4v) is 3.18. The summed E-state index contributed by atoms with van der Waals surface area (Å²) in [5.74, 6) is -0.133. The van der Waals surface area contributed by atoms with Crippen molar-refractivity contribution in [2.75, 3.05) is 19.4 Å². The first-order valence-corrected chi connectivity index (χ1v) is 7.50. The summed E-state index contributed by atoms with van der Waals surface area (Å²) in [7, 11) is -2.05. The van der Waals surface area contributed by atoms with Gasteiger partial charge in [0.1, 0.15) is 5.75 Å². The topological polar surface area (TPSA) is 102 Å². The van der Waals surface area contributed by atoms with E-state index in [4.69, 9.17) is 10.5 Å². The summed E-state index contributed by atoms with van der Waals surface area (Å²) in [6.07, 6.45) is 2.75. The van der Waals surface area contributed by atoms with Gasteiger partial charge in [0, 0.05) is 13.7 Å². The largest absolute Gasteiger partial charge is 0.506 e. The number of benzene rings is 1. The van der Waals surface area contributed by atoms with Gasteiger partial charge in [-0.2, -0.15) is 0 Å². The van der Waals surface area contributed by atoms with Crippen molar-refractivity contribution in [1.29, 1.82) is 0 Å². The Morgan fingerprint density at radius 3 is 2.63 bits per heavy atom. The van der Waals surface area contributed by atoms with E-state index < -0.39 is 10.0 Å². The molecular formula is C12H18N2O4S. The molecule has 0 unspecified atom stereocenters. The van der Waals surface area contributed by atoms with Crippen LogP contribution < -0.4 is 10.5 Å². The minimum absolute atomic E-state index is 0.0352. The molecule has 0 spiro atoms. The number of nitrogen functional groups attached to an aromatic ring is 1. The summed E-state index contributed by atoms with van der Waals surface area (Å²) >= 11 is 0. The molecule has 6 nitrogen and oxygen atoms in total. The minimum Gasteiger partial charge on any atom is -0.506 e. The van der Waals surface area contributed by atoms with E-state index in [1.807, 2.05) is 0 Å². The molecule has 0 saturated heterocycles. The number of phenols is 1. The van der Waals surface area contributed by atoms with Gasteiger partial charge in [0.25, 0.3) is 0 Å². The number of nitrogens with two attached hydrogens (primary N) is 1. The Morgan fingerprint density at radius 1 is 1.47 bits per heavy atom. The summed E-state index contributed by atoms with van der Waals surface area (Å²) < 4.78 is 32.1. The zero-order valence-corrected chi connectivity index (χ0v) is 11.5. The SMILES string of the molecule is COC1(CNS(=O)(=O)c2ccc(O)c(N)c2)CCC1. The molecule has 0 radical (unpaired) electrons. The van der Waals surface area contributed by atoms with Crippen LogP contribution >= 0.6 is 0 Å². The second-order valence-electron chi connectivity index (χ2n) is 4.79. The molecule has 7 heteroatoms. The van der Waals surface area contributed by atoms with Crippen LogP contribution in [0, 0.1) is 0 Å². The molecule has 1 aromatic carbocycles. The fourth-order valence-electron chi connectivity index (χ4n) is 2.03. The molecule has 1 saturated carbocycles. The van der Waals surface area contributed by atoms with Gasteiger partial charge in [-0.15, -0.1) is 0 Å². The number of hydrogen-bond donors (Lipinski definition) is 3. The maximum Gasteiger partial charge on any atom is 0.240 e. The zero-order valence-electron chi connectivity index (χ0n) is 10.7. The highest BCUT2D eigenvalue weighted by Gasteiger charge is 2.38. The Hall–Kier alpha value is -1.31. The lowest BCUT2D eigenvalue weighted by Crippen LogP contribution is -2.49. The van der Waals surface area contributed by atoms with Gasteiger partial charge < -0.3 is 15.6 Å². The maximum atomic E-state index is 12.1. The van der Waals surface area contributed by atoms with Crippen LogP contribution in [0.2, 0.25) is 0 Å². The van der Waals surface area contributed by atoms with Gasteiger partial charge in [-0.3, -0.25) is 0 Å². The van der Waals surface area contributed by atoms with Crippen LogP contribution in [0.25, 0.3) is 0 Å². The molecule has 4 N–H and O–H groups in total. The molecule has 1 aromatic rings. The maximum absolute atomic E-state index is 12.1. The first-order valence-electron chi connectivity index (χ1n) is 6.02. The molecule has 106 valence electrons. The number of rotatable bonds is 5. The van der Waals surface area contributed by atoms with Crippen molar-refractivity contribution >= 4 is 15.7 Å². The molecule has 0 atom stereocenters. The number of aromatic hydroxyl groups is 1. The molecule has 1 aliphatic rings. The first kappa shape index (κ1) is 14.1. The summed E-state index contributed by atoms with van der Waals surface area (Å²) in [6.45, 7) is 0.243. The summed E-state index contributed by atoms with van der Waals surface area (Å²) in [5, 5.41) is 9.29. The molecule has 0 aromatic heterocycles. The van der Waals surface area contributed by atoms with Gasteiger partial charge >= 0.3 is 0 Å². The number of hydrogen-bond acceptors (Lipinski definition) is 5. The summed E-state index contributed by atoms with van der Waals surface area (Å²) in [5.41, 5.74) is 5.15. The normalized spacial score (nSPS) is 17.9. The molecule has 2 rings (SSSR count). The smallest absolute Gasteiger partial charge is 0.240 e. The van der Waals surface area contributed by atoms with E-state index in [2.05, 4.69) is 4.72 Å². The van der Waals surface area contributed by atoms with Gasteiger partial charge in [-0.25, -0.2) is 13.1 Å². The predicted octanol–water partition coefficient (Wildman–Crippen LogP) is 0.822. The van der Waals surface area contributed by atoms with Crippen LogP contribution in [-0.4, -0.2) is 32.8 Å². The predicted molar refractivity (Wildman–Crippen MR) is 71.3 cm³/mol. The Morgan fingerprint density at radius 2 is 2.16 bits per heavy atom. The number of sulfonamides is 1. The van der Waals surface area contributed by atoms with Gasteiger partial charge in [-0.05, 0) is 37.5 Å². The van der Waals surface area contributed by atoms with Crippen molar-refractivity contribution in [2.45, 2.75) is 29.8 Å². The van der Waals surface area contributed by atoms with E-state index in [9.17, 15) is 13.5 Å². The fraction of sp³-hybridized carbons (Fsp3) is 0.500. The number of anilines is 1. The quantitative estimate of drug-likeness (QED) is 0.549. The second-order valence-corrected chi connectivity index (χ2v) is 6.55. The van der Waals surface area contributed by atoms with E-state index >= 15 is 0 Å². The van der Waals surface area contributed by atoms with E-state index in [0.29, 0.717) is 0 Å². The van der Waals surface area contributed by atoms with Crippen molar-refractivity contribution in [3.05, 3.63) is 18.2 Å². The van der Waals surface area contributed by atoms with Crippen molar-refractivity contribution in [1.82, 2.24) is 4.72 Å². The third kappa shape index (κ3) is 2.83. The van der Waals surface area contributed by atoms with Crippen LogP contribution in [0.5, 0.6) is 5.75 Å². The summed E-state index contributed by atoms with van der Waals surface area (Å²) in [4.78, 5) is 0.0355. The number of methoxy groups -OCH3 is 1. The molecule has 0 aliphatic heterocycles. The third-order valence-electron chi connectivity index (χ3n) is 3.59. The molecule has 0 bridgehead atoms. The molecular weight excluding hydrogens is 268 g/mol. The van der Waals surface area contributed by atoms with E-state index in [0.717, 1.165) is 19.3 Å². The van der Waals surface area contributed by atoms with Crippen LogP contribution in [-0.2, 0) is 14.8 Å². The highest BCUT2D eigenvalue weighted by Crippen LogP contribution is 2.34. The Kier molecular flexibility index (Phi) is 3.71. The lowest BCUT2D eigenvalue weighted by atomic mass is 9.80. The first-order chi connectivity index (χ1) is 8.88. The Bertz CT molecular complexity index is 562. The molecule has 19 heavy (non-hydrogen) atoms. The van der Waals surface area contributed by atoms with E-state index in [-0.39, 0.29) is 28.5 Å². The standard InChI is InChI=1S/C12H18N2O4S/c1-18-12(5-2-6-12)8-14-19(16,17)9-3-4-11(15)10(13)7-9/h3-4,7,14-15H,2,5-6,8,13H2,1H3. The highest BCUT2D eigenvalue weighted by molar-refractivity contribution is 7.89. The van der Waals surface area contributed by atoms with Crippen LogP contribution in [0.15, 0.2) is 23.1 Å². The lowest BCUT2D eigenvalue weighted by Gasteiger charge is -2.40. The van der Waals surface area contributed by atoms with E-state index in [1.54, 1.807) is 7.11 Å². The van der Waals surface area contributed by atoms with Crippen LogP contribution in [0.4, 0.5) is 5.69 Å². The average molecular weight is 286 g/mol. The number of phenolic OH excluding ortho intramolecular Hbond substituents is 1. The van der Waals surface area contributed by atoms with Crippen LogP contribution in [0.3, 0.4) is 0 Å².